The number of hydrogen-bond acceptors (Lipinski definition) is 5. The van der Waals surface area contributed by atoms with Crippen LogP contribution in [0.4, 0.5) is 5.69 Å². The van der Waals surface area contributed by atoms with Gasteiger partial charge in [0.25, 0.3) is 5.91 Å². The van der Waals surface area contributed by atoms with Crippen LogP contribution in [0.15, 0.2) is 29.1 Å². The fourth-order valence-electron chi connectivity index (χ4n) is 1.88. The first-order valence-electron chi connectivity index (χ1n) is 6.58. The van der Waals surface area contributed by atoms with Crippen molar-refractivity contribution < 1.29 is 9.32 Å². The van der Waals surface area contributed by atoms with E-state index in [0.29, 0.717) is 24.4 Å². The first kappa shape index (κ1) is 14.0. The molecular weight excluding hydrogens is 256 g/mol. The van der Waals surface area contributed by atoms with Gasteiger partial charge in [-0.05, 0) is 31.5 Å². The van der Waals surface area contributed by atoms with Gasteiger partial charge in [-0.2, -0.15) is 4.98 Å². The van der Waals surface area contributed by atoms with Gasteiger partial charge in [-0.25, -0.2) is 0 Å². The lowest BCUT2D eigenvalue weighted by Crippen LogP contribution is -2.26. The summed E-state index contributed by atoms with van der Waals surface area (Å²) in [5.41, 5.74) is 2.61. The number of aromatic nitrogens is 2. The van der Waals surface area contributed by atoms with Crippen molar-refractivity contribution in [2.45, 2.75) is 20.3 Å². The number of nitrogens with one attached hydrogen (secondary N) is 2. The quantitative estimate of drug-likeness (QED) is 0.839. The van der Waals surface area contributed by atoms with Crippen LogP contribution in [-0.2, 0) is 6.42 Å². The molecule has 1 amide bonds. The molecule has 0 aliphatic carbocycles. The lowest BCUT2D eigenvalue weighted by atomic mass is 10.1. The zero-order chi connectivity index (χ0) is 14.4. The van der Waals surface area contributed by atoms with Gasteiger partial charge in [0, 0.05) is 25.2 Å². The van der Waals surface area contributed by atoms with Gasteiger partial charge in [0.05, 0.1) is 5.56 Å². The molecule has 6 nitrogen and oxygen atoms in total. The molecule has 0 fully saturated rings. The maximum Gasteiger partial charge on any atom is 0.253 e. The van der Waals surface area contributed by atoms with E-state index in [4.69, 9.17) is 0 Å². The zero-order valence-electron chi connectivity index (χ0n) is 11.6. The average Bonchev–Trinajstić information content (AvgIpc) is 2.92. The van der Waals surface area contributed by atoms with Crippen LogP contribution in [0.2, 0.25) is 0 Å². The Labute approximate surface area is 117 Å². The van der Waals surface area contributed by atoms with Gasteiger partial charge in [0.15, 0.2) is 5.82 Å². The Kier molecular flexibility index (Phi) is 4.70. The van der Waals surface area contributed by atoms with Gasteiger partial charge in [0.2, 0.25) is 6.39 Å². The van der Waals surface area contributed by atoms with Crippen LogP contribution in [0.5, 0.6) is 0 Å². The van der Waals surface area contributed by atoms with Crippen molar-refractivity contribution in [3.8, 4) is 0 Å². The summed E-state index contributed by atoms with van der Waals surface area (Å²) in [4.78, 5) is 16.1. The second-order valence-corrected chi connectivity index (χ2v) is 4.43. The number of amides is 1. The summed E-state index contributed by atoms with van der Waals surface area (Å²) in [7, 11) is 0. The van der Waals surface area contributed by atoms with E-state index in [2.05, 4.69) is 25.3 Å². The van der Waals surface area contributed by atoms with Crippen LogP contribution in [-0.4, -0.2) is 29.1 Å². The highest BCUT2D eigenvalue weighted by Crippen LogP contribution is 2.17. The zero-order valence-corrected chi connectivity index (χ0v) is 11.6. The lowest BCUT2D eigenvalue weighted by Gasteiger charge is -2.11. The summed E-state index contributed by atoms with van der Waals surface area (Å²) < 4.78 is 4.64. The lowest BCUT2D eigenvalue weighted by molar-refractivity contribution is 0.0954. The van der Waals surface area contributed by atoms with Crippen LogP contribution in [0.3, 0.4) is 0 Å². The van der Waals surface area contributed by atoms with E-state index in [-0.39, 0.29) is 5.91 Å². The van der Waals surface area contributed by atoms with Crippen molar-refractivity contribution in [2.75, 3.05) is 18.4 Å². The smallest absolute Gasteiger partial charge is 0.253 e. The Bertz CT molecular complexity index is 567. The number of carbonyl (C=O) groups excluding carboxylic acids is 1. The molecule has 1 heterocycles. The van der Waals surface area contributed by atoms with Crippen LogP contribution in [0.25, 0.3) is 0 Å². The number of hydrogen-bond donors (Lipinski definition) is 2. The molecule has 106 valence electrons. The number of rotatable bonds is 6. The molecule has 2 rings (SSSR count). The summed E-state index contributed by atoms with van der Waals surface area (Å²) in [6.45, 7) is 5.24. The normalized spacial score (nSPS) is 10.3. The van der Waals surface area contributed by atoms with E-state index < -0.39 is 0 Å². The topological polar surface area (TPSA) is 80.0 Å². The van der Waals surface area contributed by atoms with Gasteiger partial charge >= 0.3 is 0 Å². The van der Waals surface area contributed by atoms with Crippen molar-refractivity contribution >= 4 is 11.6 Å². The molecule has 0 bridgehead atoms. The maximum absolute atomic E-state index is 12.2. The third kappa shape index (κ3) is 3.57. The summed E-state index contributed by atoms with van der Waals surface area (Å²) in [6, 6.07) is 5.73. The third-order valence-corrected chi connectivity index (χ3v) is 2.83. The second kappa shape index (κ2) is 6.70. The Morgan fingerprint density at radius 2 is 2.25 bits per heavy atom. The van der Waals surface area contributed by atoms with Crippen LogP contribution < -0.4 is 10.6 Å². The standard InChI is InChI=1S/C14H18N4O2/c1-3-15-12-8-10(2)4-5-11(12)14(19)16-7-6-13-17-9-20-18-13/h4-5,8-9,15H,3,6-7H2,1-2H3,(H,16,19). The van der Waals surface area contributed by atoms with E-state index in [9.17, 15) is 4.79 Å². The molecule has 0 aliphatic heterocycles. The molecule has 0 saturated heterocycles. The molecule has 1 aromatic heterocycles. The highest BCUT2D eigenvalue weighted by Gasteiger charge is 2.11. The number of nitrogens with zero attached hydrogens (tertiary/aromatic N) is 2. The molecule has 6 heteroatoms. The van der Waals surface area contributed by atoms with E-state index >= 15 is 0 Å². The highest BCUT2D eigenvalue weighted by molar-refractivity contribution is 5.99. The van der Waals surface area contributed by atoms with Crippen molar-refractivity contribution in [1.82, 2.24) is 15.5 Å². The largest absolute Gasteiger partial charge is 0.385 e. The first-order valence-corrected chi connectivity index (χ1v) is 6.58. The molecule has 0 unspecified atom stereocenters. The van der Waals surface area contributed by atoms with Gasteiger partial charge in [-0.3, -0.25) is 4.79 Å². The predicted octanol–water partition coefficient (Wildman–Crippen LogP) is 1.78. The number of carbonyl (C=O) groups is 1. The van der Waals surface area contributed by atoms with Crippen molar-refractivity contribution in [3.05, 3.63) is 41.5 Å². The first-order chi connectivity index (χ1) is 9.70. The van der Waals surface area contributed by atoms with E-state index in [0.717, 1.165) is 17.8 Å². The van der Waals surface area contributed by atoms with Crippen molar-refractivity contribution in [3.63, 3.8) is 0 Å². The molecular formula is C14H18N4O2. The SMILES string of the molecule is CCNc1cc(C)ccc1C(=O)NCCc1ncon1. The fraction of sp³-hybridized carbons (Fsp3) is 0.357. The molecule has 0 spiro atoms. The van der Waals surface area contributed by atoms with Crippen molar-refractivity contribution in [2.24, 2.45) is 0 Å². The van der Waals surface area contributed by atoms with Crippen LogP contribution in [0, 0.1) is 6.92 Å². The summed E-state index contributed by atoms with van der Waals surface area (Å²) in [5, 5.41) is 9.75. The Balaban J connectivity index is 1.97. The highest BCUT2D eigenvalue weighted by atomic mass is 16.5. The maximum atomic E-state index is 12.2. The molecule has 0 radical (unpaired) electrons. The molecule has 0 saturated carbocycles. The molecule has 2 N–H and O–H groups in total. The monoisotopic (exact) mass is 274 g/mol. The van der Waals surface area contributed by atoms with E-state index in [1.54, 1.807) is 0 Å². The minimum atomic E-state index is -0.107. The number of aryl methyl sites for hydroxylation is 1. The molecule has 2 aromatic rings. The van der Waals surface area contributed by atoms with Crippen LogP contribution in [0.1, 0.15) is 28.7 Å². The molecule has 0 atom stereocenters. The van der Waals surface area contributed by atoms with E-state index in [1.807, 2.05) is 32.0 Å². The number of anilines is 1. The third-order valence-electron chi connectivity index (χ3n) is 2.83. The van der Waals surface area contributed by atoms with Crippen molar-refractivity contribution in [1.29, 1.82) is 0 Å². The fourth-order valence-corrected chi connectivity index (χ4v) is 1.88. The van der Waals surface area contributed by atoms with Gasteiger partial charge in [-0.1, -0.05) is 11.2 Å². The Morgan fingerprint density at radius 1 is 1.40 bits per heavy atom. The van der Waals surface area contributed by atoms with Gasteiger partial charge in [-0.15, -0.1) is 0 Å². The Morgan fingerprint density at radius 3 is 2.95 bits per heavy atom. The molecule has 1 aromatic carbocycles. The average molecular weight is 274 g/mol. The minimum absolute atomic E-state index is 0.107. The second-order valence-electron chi connectivity index (χ2n) is 4.43. The number of benzene rings is 1. The Hall–Kier alpha value is -2.37. The summed E-state index contributed by atoms with van der Waals surface area (Å²) in [6.07, 6.45) is 1.82. The minimum Gasteiger partial charge on any atom is -0.385 e. The predicted molar refractivity (Wildman–Crippen MR) is 75.7 cm³/mol. The molecule has 20 heavy (non-hydrogen) atoms. The van der Waals surface area contributed by atoms with Gasteiger partial charge in [0.1, 0.15) is 0 Å². The molecule has 0 aliphatic rings. The van der Waals surface area contributed by atoms with Gasteiger partial charge < -0.3 is 15.2 Å². The van der Waals surface area contributed by atoms with E-state index in [1.165, 1.54) is 6.39 Å². The van der Waals surface area contributed by atoms with Crippen LogP contribution >= 0.6 is 0 Å². The summed E-state index contributed by atoms with van der Waals surface area (Å²) >= 11 is 0. The summed E-state index contributed by atoms with van der Waals surface area (Å²) in [5.74, 6) is 0.477.